The third kappa shape index (κ3) is 5.34. The third-order valence-electron chi connectivity index (χ3n) is 4.22. The molecule has 1 nitrogen and oxygen atoms in total. The summed E-state index contributed by atoms with van der Waals surface area (Å²) < 4.78 is 42.2. The van der Waals surface area contributed by atoms with Crippen molar-refractivity contribution in [3.8, 4) is 0 Å². The highest BCUT2D eigenvalue weighted by Crippen LogP contribution is 2.34. The SMILES string of the molecule is CCO[C@H]1CC[C@H](c2ccc(CCC(F)(F)F)cc2)CC1. The molecule has 0 atom stereocenters. The van der Waals surface area contributed by atoms with E-state index < -0.39 is 12.6 Å². The van der Waals surface area contributed by atoms with Crippen molar-refractivity contribution in [2.75, 3.05) is 6.61 Å². The molecule has 0 heterocycles. The van der Waals surface area contributed by atoms with Gasteiger partial charge in [0, 0.05) is 13.0 Å². The van der Waals surface area contributed by atoms with Gasteiger partial charge in [-0.1, -0.05) is 24.3 Å². The monoisotopic (exact) mass is 300 g/mol. The molecule has 1 fully saturated rings. The minimum atomic E-state index is -4.07. The number of ether oxygens (including phenoxy) is 1. The Labute approximate surface area is 124 Å². The number of benzene rings is 1. The van der Waals surface area contributed by atoms with Gasteiger partial charge in [0.2, 0.25) is 0 Å². The number of rotatable bonds is 5. The molecule has 0 radical (unpaired) electrons. The van der Waals surface area contributed by atoms with Gasteiger partial charge in [0.05, 0.1) is 6.10 Å². The largest absolute Gasteiger partial charge is 0.389 e. The molecule has 0 bridgehead atoms. The predicted octanol–water partition coefficient (Wildman–Crippen LogP) is 5.24. The van der Waals surface area contributed by atoms with Gasteiger partial charge < -0.3 is 4.74 Å². The molecule has 1 aromatic carbocycles. The van der Waals surface area contributed by atoms with Crippen LogP contribution < -0.4 is 0 Å². The van der Waals surface area contributed by atoms with Crippen LogP contribution in [0.5, 0.6) is 0 Å². The maximum atomic E-state index is 12.2. The van der Waals surface area contributed by atoms with Gasteiger partial charge >= 0.3 is 6.18 Å². The second kappa shape index (κ2) is 7.30. The maximum absolute atomic E-state index is 12.2. The summed E-state index contributed by atoms with van der Waals surface area (Å²) in [7, 11) is 0. The molecular weight excluding hydrogens is 277 g/mol. The molecule has 0 unspecified atom stereocenters. The highest BCUT2D eigenvalue weighted by atomic mass is 19.4. The fourth-order valence-corrected chi connectivity index (χ4v) is 3.04. The molecule has 4 heteroatoms. The van der Waals surface area contributed by atoms with Crippen molar-refractivity contribution >= 4 is 0 Å². The van der Waals surface area contributed by atoms with E-state index in [2.05, 4.69) is 0 Å². The van der Waals surface area contributed by atoms with Gasteiger partial charge in [-0.15, -0.1) is 0 Å². The quantitative estimate of drug-likeness (QED) is 0.722. The summed E-state index contributed by atoms with van der Waals surface area (Å²) >= 11 is 0. The molecule has 1 aliphatic carbocycles. The fraction of sp³-hybridized carbons (Fsp3) is 0.647. The predicted molar refractivity (Wildman–Crippen MR) is 77.4 cm³/mol. The van der Waals surface area contributed by atoms with Crippen LogP contribution in [0.25, 0.3) is 0 Å². The number of hydrogen-bond donors (Lipinski definition) is 0. The van der Waals surface area contributed by atoms with Crippen LogP contribution in [-0.2, 0) is 11.2 Å². The first-order chi connectivity index (χ1) is 9.98. The van der Waals surface area contributed by atoms with Crippen molar-refractivity contribution in [3.63, 3.8) is 0 Å². The first-order valence-electron chi connectivity index (χ1n) is 7.75. The van der Waals surface area contributed by atoms with E-state index in [4.69, 9.17) is 4.74 Å². The summed E-state index contributed by atoms with van der Waals surface area (Å²) in [5.74, 6) is 0.526. The first-order valence-corrected chi connectivity index (χ1v) is 7.75. The molecule has 0 aromatic heterocycles. The van der Waals surface area contributed by atoms with Crippen molar-refractivity contribution in [3.05, 3.63) is 35.4 Å². The Morgan fingerprint density at radius 1 is 1.05 bits per heavy atom. The Bertz CT molecular complexity index is 417. The third-order valence-corrected chi connectivity index (χ3v) is 4.22. The number of halogens is 3. The maximum Gasteiger partial charge on any atom is 0.389 e. The summed E-state index contributed by atoms with van der Waals surface area (Å²) in [5, 5.41) is 0. The molecule has 1 aromatic rings. The van der Waals surface area contributed by atoms with Gasteiger partial charge in [0.25, 0.3) is 0 Å². The summed E-state index contributed by atoms with van der Waals surface area (Å²) in [4.78, 5) is 0. The minimum Gasteiger partial charge on any atom is -0.379 e. The van der Waals surface area contributed by atoms with E-state index >= 15 is 0 Å². The van der Waals surface area contributed by atoms with Crippen LogP contribution in [0.4, 0.5) is 13.2 Å². The lowest BCUT2D eigenvalue weighted by Gasteiger charge is -2.28. The summed E-state index contributed by atoms with van der Waals surface area (Å²) in [5.41, 5.74) is 2.01. The highest BCUT2D eigenvalue weighted by Gasteiger charge is 2.26. The van der Waals surface area contributed by atoms with Crippen LogP contribution in [0, 0.1) is 0 Å². The molecule has 1 aliphatic rings. The van der Waals surface area contributed by atoms with E-state index in [1.165, 1.54) is 5.56 Å². The normalized spacial score (nSPS) is 23.2. The zero-order valence-corrected chi connectivity index (χ0v) is 12.5. The molecule has 0 spiro atoms. The van der Waals surface area contributed by atoms with E-state index in [0.29, 0.717) is 12.0 Å². The molecule has 0 saturated heterocycles. The van der Waals surface area contributed by atoms with Crippen LogP contribution in [0.2, 0.25) is 0 Å². The minimum absolute atomic E-state index is 0.0703. The van der Waals surface area contributed by atoms with Gasteiger partial charge in [-0.25, -0.2) is 0 Å². The Kier molecular flexibility index (Phi) is 5.68. The van der Waals surface area contributed by atoms with Crippen LogP contribution in [0.1, 0.15) is 56.1 Å². The van der Waals surface area contributed by atoms with E-state index in [0.717, 1.165) is 37.9 Å². The van der Waals surface area contributed by atoms with Crippen molar-refractivity contribution in [2.45, 2.75) is 63.6 Å². The van der Waals surface area contributed by atoms with Crippen molar-refractivity contribution in [1.82, 2.24) is 0 Å². The summed E-state index contributed by atoms with van der Waals surface area (Å²) in [6.07, 6.45) is 0.00227. The van der Waals surface area contributed by atoms with Crippen molar-refractivity contribution in [1.29, 1.82) is 0 Å². The molecule has 1 saturated carbocycles. The Morgan fingerprint density at radius 2 is 1.67 bits per heavy atom. The Balaban J connectivity index is 1.85. The molecule has 0 aliphatic heterocycles. The number of alkyl halides is 3. The zero-order chi connectivity index (χ0) is 15.3. The van der Waals surface area contributed by atoms with Gasteiger partial charge in [-0.05, 0) is 56.1 Å². The smallest absolute Gasteiger partial charge is 0.379 e. The molecular formula is C17H23F3O. The van der Waals surface area contributed by atoms with Crippen LogP contribution in [0.15, 0.2) is 24.3 Å². The molecule has 21 heavy (non-hydrogen) atoms. The van der Waals surface area contributed by atoms with Crippen LogP contribution in [-0.4, -0.2) is 18.9 Å². The average molecular weight is 300 g/mol. The number of aryl methyl sites for hydroxylation is 1. The molecule has 0 amide bonds. The standard InChI is InChI=1S/C17H23F3O/c1-2-21-16-9-7-15(8-10-16)14-5-3-13(4-6-14)11-12-17(18,19)20/h3-6,15-16H,2,7-12H2,1H3/t15-,16-. The second-order valence-electron chi connectivity index (χ2n) is 5.79. The van der Waals surface area contributed by atoms with E-state index in [9.17, 15) is 13.2 Å². The van der Waals surface area contributed by atoms with E-state index in [1.54, 1.807) is 0 Å². The molecule has 2 rings (SSSR count). The summed E-state index contributed by atoms with van der Waals surface area (Å²) in [6.45, 7) is 2.79. The lowest BCUT2D eigenvalue weighted by atomic mass is 9.82. The van der Waals surface area contributed by atoms with Crippen molar-refractivity contribution in [2.24, 2.45) is 0 Å². The van der Waals surface area contributed by atoms with Gasteiger partial charge in [0.15, 0.2) is 0 Å². The van der Waals surface area contributed by atoms with Crippen LogP contribution in [0.3, 0.4) is 0 Å². The Morgan fingerprint density at radius 3 is 2.19 bits per heavy atom. The van der Waals surface area contributed by atoms with Gasteiger partial charge in [-0.2, -0.15) is 13.2 Å². The fourth-order valence-electron chi connectivity index (χ4n) is 3.04. The molecule has 118 valence electrons. The van der Waals surface area contributed by atoms with Crippen LogP contribution >= 0.6 is 0 Å². The number of hydrogen-bond acceptors (Lipinski definition) is 1. The van der Waals surface area contributed by atoms with E-state index in [-0.39, 0.29) is 6.42 Å². The zero-order valence-electron chi connectivity index (χ0n) is 12.5. The average Bonchev–Trinajstić information content (AvgIpc) is 2.46. The topological polar surface area (TPSA) is 9.23 Å². The van der Waals surface area contributed by atoms with Gasteiger partial charge in [-0.3, -0.25) is 0 Å². The lowest BCUT2D eigenvalue weighted by Crippen LogP contribution is -2.20. The Hall–Kier alpha value is -1.03. The highest BCUT2D eigenvalue weighted by molar-refractivity contribution is 5.26. The summed E-state index contributed by atoms with van der Waals surface area (Å²) in [6, 6.07) is 7.68. The molecule has 0 N–H and O–H groups in total. The van der Waals surface area contributed by atoms with Crippen molar-refractivity contribution < 1.29 is 17.9 Å². The second-order valence-corrected chi connectivity index (χ2v) is 5.79. The lowest BCUT2D eigenvalue weighted by molar-refractivity contribution is -0.133. The van der Waals surface area contributed by atoms with E-state index in [1.807, 2.05) is 31.2 Å². The van der Waals surface area contributed by atoms with Gasteiger partial charge in [0.1, 0.15) is 0 Å². The first kappa shape index (κ1) is 16.3.